The number of para-hydroxylation sites is 2. The van der Waals surface area contributed by atoms with Gasteiger partial charge in [-0.3, -0.25) is 0 Å². The number of hydrogen-bond acceptors (Lipinski definition) is 1. The van der Waals surface area contributed by atoms with Crippen molar-refractivity contribution in [2.45, 2.75) is 88.4 Å². The molecular formula is C65H57N. The normalized spacial score (nSPS) is 26.6. The van der Waals surface area contributed by atoms with Gasteiger partial charge in [0.25, 0.3) is 0 Å². The zero-order valence-corrected chi connectivity index (χ0v) is 38.4. The number of fused-ring (bicyclic) bond motifs is 12. The van der Waals surface area contributed by atoms with Crippen LogP contribution in [0.25, 0.3) is 55.3 Å². The van der Waals surface area contributed by atoms with Crippen LogP contribution in [-0.2, 0) is 10.8 Å². The van der Waals surface area contributed by atoms with E-state index in [0.29, 0.717) is 11.3 Å². The van der Waals surface area contributed by atoms with Crippen LogP contribution in [0.15, 0.2) is 170 Å². The number of anilines is 3. The molecule has 2 spiro atoms. The van der Waals surface area contributed by atoms with Gasteiger partial charge in [0.1, 0.15) is 0 Å². The summed E-state index contributed by atoms with van der Waals surface area (Å²) in [5.74, 6) is 3.98. The zero-order chi connectivity index (χ0) is 43.5. The molecule has 0 heterocycles. The third-order valence-electron chi connectivity index (χ3n) is 19.3. The Morgan fingerprint density at radius 2 is 1.09 bits per heavy atom. The Labute approximate surface area is 390 Å². The van der Waals surface area contributed by atoms with Gasteiger partial charge in [0.05, 0.1) is 11.4 Å². The van der Waals surface area contributed by atoms with Crippen molar-refractivity contribution in [3.63, 3.8) is 0 Å². The van der Waals surface area contributed by atoms with E-state index in [0.717, 1.165) is 23.7 Å². The highest BCUT2D eigenvalue weighted by Crippen LogP contribution is 2.89. The molecule has 0 N–H and O–H groups in total. The minimum absolute atomic E-state index is 0.0861. The van der Waals surface area contributed by atoms with Crippen LogP contribution in [0.2, 0.25) is 0 Å². The molecular weight excluding hydrogens is 795 g/mol. The predicted octanol–water partition coefficient (Wildman–Crippen LogP) is 17.3. The Hall–Kier alpha value is -6.18. The second-order valence-electron chi connectivity index (χ2n) is 22.2. The van der Waals surface area contributed by atoms with Crippen molar-refractivity contribution in [3.05, 3.63) is 198 Å². The molecule has 7 aliphatic carbocycles. The largest absolute Gasteiger partial charge is 0.309 e. The second kappa shape index (κ2) is 13.5. The van der Waals surface area contributed by atoms with Crippen molar-refractivity contribution < 1.29 is 0 Å². The van der Waals surface area contributed by atoms with Crippen molar-refractivity contribution in [2.75, 3.05) is 4.90 Å². The molecule has 6 atom stereocenters. The van der Waals surface area contributed by atoms with Gasteiger partial charge in [-0.25, -0.2) is 0 Å². The summed E-state index contributed by atoms with van der Waals surface area (Å²) in [6.07, 6.45) is 12.3. The zero-order valence-electron chi connectivity index (χ0n) is 38.4. The molecule has 5 fully saturated rings. The third kappa shape index (κ3) is 4.72. The monoisotopic (exact) mass is 851 g/mol. The molecule has 8 aromatic carbocycles. The van der Waals surface area contributed by atoms with Gasteiger partial charge in [0, 0.05) is 27.6 Å². The molecule has 0 saturated heterocycles. The van der Waals surface area contributed by atoms with Gasteiger partial charge < -0.3 is 4.90 Å². The summed E-state index contributed by atoms with van der Waals surface area (Å²) >= 11 is 0. The van der Waals surface area contributed by atoms with Crippen LogP contribution < -0.4 is 4.90 Å². The lowest BCUT2D eigenvalue weighted by molar-refractivity contribution is -0.231. The van der Waals surface area contributed by atoms with Crippen molar-refractivity contribution in [2.24, 2.45) is 29.1 Å². The molecule has 66 heavy (non-hydrogen) atoms. The van der Waals surface area contributed by atoms with Gasteiger partial charge in [0.2, 0.25) is 0 Å². The summed E-state index contributed by atoms with van der Waals surface area (Å²) in [5.41, 5.74) is 22.8. The smallest absolute Gasteiger partial charge is 0.0540 e. The van der Waals surface area contributed by atoms with E-state index in [4.69, 9.17) is 0 Å². The van der Waals surface area contributed by atoms with E-state index in [1.165, 1.54) is 147 Å². The Morgan fingerprint density at radius 3 is 1.89 bits per heavy atom. The van der Waals surface area contributed by atoms with Crippen LogP contribution in [-0.4, -0.2) is 0 Å². The maximum absolute atomic E-state index is 2.70. The number of rotatable bonds is 6. The van der Waals surface area contributed by atoms with Crippen LogP contribution in [0.3, 0.4) is 0 Å². The van der Waals surface area contributed by atoms with E-state index in [2.05, 4.69) is 189 Å². The predicted molar refractivity (Wildman–Crippen MR) is 274 cm³/mol. The Kier molecular flexibility index (Phi) is 7.75. The summed E-state index contributed by atoms with van der Waals surface area (Å²) < 4.78 is 0. The third-order valence-corrected chi connectivity index (χ3v) is 19.3. The highest BCUT2D eigenvalue weighted by Gasteiger charge is 2.84. The fraction of sp³-hybridized carbons (Fsp3) is 0.292. The number of benzene rings is 8. The maximum Gasteiger partial charge on any atom is 0.0540 e. The Balaban J connectivity index is 0.966. The lowest BCUT2D eigenvalue weighted by atomic mass is 9.27. The summed E-state index contributed by atoms with van der Waals surface area (Å²) in [6, 6.07) is 66.5. The maximum atomic E-state index is 2.70. The van der Waals surface area contributed by atoms with E-state index >= 15 is 0 Å². The van der Waals surface area contributed by atoms with Gasteiger partial charge in [-0.2, -0.15) is 0 Å². The molecule has 322 valence electrons. The summed E-state index contributed by atoms with van der Waals surface area (Å²) in [4.78, 5) is 2.68. The van der Waals surface area contributed by atoms with Crippen molar-refractivity contribution in [1.29, 1.82) is 0 Å². The molecule has 8 aromatic rings. The lowest BCUT2D eigenvalue weighted by Gasteiger charge is -2.76. The van der Waals surface area contributed by atoms with Crippen molar-refractivity contribution in [3.8, 4) is 44.5 Å². The van der Waals surface area contributed by atoms with E-state index in [1.807, 2.05) is 0 Å². The highest BCUT2D eigenvalue weighted by molar-refractivity contribution is 6.04. The molecule has 5 saturated carbocycles. The topological polar surface area (TPSA) is 3.24 Å². The highest BCUT2D eigenvalue weighted by atomic mass is 15.1. The van der Waals surface area contributed by atoms with Gasteiger partial charge in [-0.15, -0.1) is 0 Å². The first-order valence-electron chi connectivity index (χ1n) is 25.5. The van der Waals surface area contributed by atoms with Gasteiger partial charge in [-0.05, 0) is 176 Å². The molecule has 15 rings (SSSR count). The van der Waals surface area contributed by atoms with Crippen LogP contribution in [0.5, 0.6) is 0 Å². The van der Waals surface area contributed by atoms with Crippen molar-refractivity contribution in [1.82, 2.24) is 0 Å². The quantitative estimate of drug-likeness (QED) is 0.161. The molecule has 6 unspecified atom stereocenters. The van der Waals surface area contributed by atoms with Gasteiger partial charge >= 0.3 is 0 Å². The summed E-state index contributed by atoms with van der Waals surface area (Å²) in [7, 11) is 0. The number of nitrogens with zero attached hydrogens (tertiary/aromatic N) is 1. The molecule has 7 aliphatic rings. The molecule has 0 aromatic heterocycles. The van der Waals surface area contributed by atoms with Crippen LogP contribution in [0.1, 0.15) is 105 Å². The Morgan fingerprint density at radius 1 is 0.470 bits per heavy atom. The lowest BCUT2D eigenvalue weighted by Crippen LogP contribution is -2.73. The van der Waals surface area contributed by atoms with Crippen LogP contribution >= 0.6 is 0 Å². The number of hydrogen-bond donors (Lipinski definition) is 0. The minimum atomic E-state index is -0.0861. The molecule has 0 radical (unpaired) electrons. The van der Waals surface area contributed by atoms with Crippen molar-refractivity contribution >= 4 is 27.8 Å². The summed E-state index contributed by atoms with van der Waals surface area (Å²) in [5, 5.41) is 2.78. The van der Waals surface area contributed by atoms with Gasteiger partial charge in [-0.1, -0.05) is 173 Å². The first-order valence-corrected chi connectivity index (χ1v) is 25.5. The fourth-order valence-electron chi connectivity index (χ4n) is 16.9. The van der Waals surface area contributed by atoms with E-state index in [1.54, 1.807) is 11.1 Å². The van der Waals surface area contributed by atoms with Gasteiger partial charge in [0.15, 0.2) is 0 Å². The molecule has 0 amide bonds. The average Bonchev–Trinajstić information content (AvgIpc) is 4.06. The van der Waals surface area contributed by atoms with Crippen LogP contribution in [0, 0.1) is 29.1 Å². The molecule has 1 heteroatoms. The fourth-order valence-corrected chi connectivity index (χ4v) is 16.9. The average molecular weight is 852 g/mol. The SMILES string of the molecule is CC1(C)c2ccccc2-c2ccc(-c3ccccc3N(c3ccc4c(c3)C3(c5ccccc5-4)C4CC5CC6CC3C64C5)c3ccccc3-c3cccc4cccc(C5CCCCC5)c34)cc21. The minimum Gasteiger partial charge on any atom is -0.309 e. The van der Waals surface area contributed by atoms with E-state index in [-0.39, 0.29) is 10.8 Å². The second-order valence-corrected chi connectivity index (χ2v) is 22.2. The first-order chi connectivity index (χ1) is 32.5. The van der Waals surface area contributed by atoms with Crippen LogP contribution in [0.4, 0.5) is 17.1 Å². The summed E-state index contributed by atoms with van der Waals surface area (Å²) in [6.45, 7) is 4.82. The standard InChI is InChI=1S/C65H57N/c1-63(2)54-26-10-6-21-48(54)50-32-30-43(36-56(50)63)46-20-8-12-28-58(46)66(59-29-13-9-23-52(59)53-25-15-19-42-18-14-24-47(62(42)53)41-16-4-3-5-17-41)45-31-33-51-49-22-7-11-27-55(49)65(57(51)38-45)60-35-40-34-44-37-61(65)64(44,60)39-40/h6-15,18-33,36,38,40-41,44,60-61H,3-5,16-17,34-35,37,39H2,1-2H3. The van der Waals surface area contributed by atoms with E-state index < -0.39 is 0 Å². The molecule has 2 bridgehead atoms. The first kappa shape index (κ1) is 38.0. The molecule has 0 aliphatic heterocycles. The molecule has 1 nitrogen and oxygen atoms in total. The van der Waals surface area contributed by atoms with E-state index in [9.17, 15) is 0 Å². The Bertz CT molecular complexity index is 3340.